The van der Waals surface area contributed by atoms with Gasteiger partial charge in [-0.25, -0.2) is 0 Å². The van der Waals surface area contributed by atoms with Gasteiger partial charge in [-0.1, -0.05) is 40.0 Å². The monoisotopic (exact) mass is 240 g/mol. The predicted octanol–water partition coefficient (Wildman–Crippen LogP) is 3.40. The summed E-state index contributed by atoms with van der Waals surface area (Å²) in [7, 11) is 2.30. The summed E-state index contributed by atoms with van der Waals surface area (Å²) < 4.78 is 0. The molecule has 0 aliphatic heterocycles. The highest BCUT2D eigenvalue weighted by Crippen LogP contribution is 2.29. The molecule has 2 nitrogen and oxygen atoms in total. The molecular weight excluding hydrogens is 208 g/mol. The zero-order valence-electron chi connectivity index (χ0n) is 12.3. The lowest BCUT2D eigenvalue weighted by atomic mass is 9.83. The first-order chi connectivity index (χ1) is 8.11. The summed E-state index contributed by atoms with van der Waals surface area (Å²) >= 11 is 0. The maximum Gasteiger partial charge on any atom is 0.0244 e. The van der Waals surface area contributed by atoms with Gasteiger partial charge >= 0.3 is 0 Å². The molecule has 4 atom stereocenters. The van der Waals surface area contributed by atoms with Gasteiger partial charge in [0.15, 0.2) is 0 Å². The highest BCUT2D eigenvalue weighted by molar-refractivity contribution is 4.87. The lowest BCUT2D eigenvalue weighted by Gasteiger charge is -2.42. The molecule has 2 N–H and O–H groups in total. The topological polar surface area (TPSA) is 29.3 Å². The lowest BCUT2D eigenvalue weighted by molar-refractivity contribution is 0.0796. The molecule has 1 saturated carbocycles. The van der Waals surface area contributed by atoms with E-state index in [9.17, 15) is 0 Å². The summed E-state index contributed by atoms with van der Waals surface area (Å²) in [6.45, 7) is 6.93. The van der Waals surface area contributed by atoms with Crippen LogP contribution in [0.5, 0.6) is 0 Å². The maximum absolute atomic E-state index is 6.35. The highest BCUT2D eigenvalue weighted by atomic mass is 15.2. The highest BCUT2D eigenvalue weighted by Gasteiger charge is 2.30. The minimum Gasteiger partial charge on any atom is -0.326 e. The first-order valence-electron chi connectivity index (χ1n) is 7.59. The van der Waals surface area contributed by atoms with Crippen LogP contribution in [0.2, 0.25) is 0 Å². The molecule has 0 spiro atoms. The van der Waals surface area contributed by atoms with Crippen LogP contribution in [0, 0.1) is 5.92 Å². The van der Waals surface area contributed by atoms with Crippen molar-refractivity contribution in [3.63, 3.8) is 0 Å². The van der Waals surface area contributed by atoms with Crippen molar-refractivity contribution < 1.29 is 0 Å². The SMILES string of the molecule is CCCC(N)C(CC)N(C)C1CCCCC1C. The fourth-order valence-electron chi connectivity index (χ4n) is 3.57. The Bertz CT molecular complexity index is 205. The van der Waals surface area contributed by atoms with Crippen molar-refractivity contribution in [1.29, 1.82) is 0 Å². The second-order valence-electron chi connectivity index (χ2n) is 5.92. The summed E-state index contributed by atoms with van der Waals surface area (Å²) in [6, 6.07) is 1.68. The van der Waals surface area contributed by atoms with Crippen molar-refractivity contribution in [2.24, 2.45) is 11.7 Å². The van der Waals surface area contributed by atoms with Crippen LogP contribution in [0.3, 0.4) is 0 Å². The Labute approximate surface area is 108 Å². The largest absolute Gasteiger partial charge is 0.326 e. The molecular formula is C15H32N2. The number of rotatable bonds is 6. The molecule has 0 heterocycles. The van der Waals surface area contributed by atoms with Crippen molar-refractivity contribution in [2.45, 2.75) is 83.8 Å². The van der Waals surface area contributed by atoms with Crippen LogP contribution >= 0.6 is 0 Å². The molecule has 4 unspecified atom stereocenters. The van der Waals surface area contributed by atoms with Crippen LogP contribution in [0.25, 0.3) is 0 Å². The van der Waals surface area contributed by atoms with Crippen molar-refractivity contribution in [1.82, 2.24) is 4.90 Å². The summed E-state index contributed by atoms with van der Waals surface area (Å²) in [5, 5.41) is 0. The van der Waals surface area contributed by atoms with Gasteiger partial charge in [0.1, 0.15) is 0 Å². The van der Waals surface area contributed by atoms with Crippen molar-refractivity contribution >= 4 is 0 Å². The van der Waals surface area contributed by atoms with Crippen molar-refractivity contribution in [3.8, 4) is 0 Å². The molecule has 1 aliphatic carbocycles. The Morgan fingerprint density at radius 3 is 2.41 bits per heavy atom. The smallest absolute Gasteiger partial charge is 0.0244 e. The summed E-state index contributed by atoms with van der Waals surface area (Å²) in [5.74, 6) is 0.844. The van der Waals surface area contributed by atoms with Crippen molar-refractivity contribution in [3.05, 3.63) is 0 Å². The lowest BCUT2D eigenvalue weighted by Crippen LogP contribution is -2.52. The van der Waals surface area contributed by atoms with E-state index in [1.165, 1.54) is 38.5 Å². The average Bonchev–Trinajstić information content (AvgIpc) is 2.30. The summed E-state index contributed by atoms with van der Waals surface area (Å²) in [6.07, 6.45) is 9.13. The van der Waals surface area contributed by atoms with Gasteiger partial charge in [-0.2, -0.15) is 0 Å². The fourth-order valence-corrected chi connectivity index (χ4v) is 3.57. The van der Waals surface area contributed by atoms with E-state index < -0.39 is 0 Å². The molecule has 1 aliphatic rings. The van der Waals surface area contributed by atoms with Crippen LogP contribution in [-0.2, 0) is 0 Å². The second kappa shape index (κ2) is 7.38. The molecule has 1 rings (SSSR count). The minimum absolute atomic E-state index is 0.351. The standard InChI is InChI=1S/C15H32N2/c1-5-9-13(16)14(6-2)17(4)15-11-8-7-10-12(15)3/h12-15H,5-11,16H2,1-4H3. The molecule has 17 heavy (non-hydrogen) atoms. The molecule has 0 aromatic carbocycles. The van der Waals surface area contributed by atoms with Crippen LogP contribution in [0.4, 0.5) is 0 Å². The predicted molar refractivity (Wildman–Crippen MR) is 76.1 cm³/mol. The molecule has 102 valence electrons. The van der Waals surface area contributed by atoms with Gasteiger partial charge in [-0.05, 0) is 38.6 Å². The molecule has 0 aromatic heterocycles. The van der Waals surface area contributed by atoms with E-state index in [2.05, 4.69) is 32.7 Å². The Morgan fingerprint density at radius 2 is 1.88 bits per heavy atom. The Hall–Kier alpha value is -0.0800. The Kier molecular flexibility index (Phi) is 6.50. The number of nitrogens with two attached hydrogens (primary N) is 1. The second-order valence-corrected chi connectivity index (χ2v) is 5.92. The zero-order valence-corrected chi connectivity index (χ0v) is 12.3. The van der Waals surface area contributed by atoms with Crippen LogP contribution in [0.15, 0.2) is 0 Å². The third-order valence-electron chi connectivity index (χ3n) is 4.65. The maximum atomic E-state index is 6.35. The Morgan fingerprint density at radius 1 is 1.24 bits per heavy atom. The number of hydrogen-bond acceptors (Lipinski definition) is 2. The molecule has 2 heteroatoms. The van der Waals surface area contributed by atoms with E-state index in [0.29, 0.717) is 12.1 Å². The van der Waals surface area contributed by atoms with Gasteiger partial charge in [0, 0.05) is 18.1 Å². The molecule has 0 saturated heterocycles. The summed E-state index contributed by atoms with van der Waals surface area (Å²) in [5.41, 5.74) is 6.35. The van der Waals surface area contributed by atoms with Crippen LogP contribution in [-0.4, -0.2) is 30.1 Å². The molecule has 1 fully saturated rings. The van der Waals surface area contributed by atoms with Gasteiger partial charge in [0.2, 0.25) is 0 Å². The molecule has 0 radical (unpaired) electrons. The average molecular weight is 240 g/mol. The zero-order chi connectivity index (χ0) is 12.8. The Balaban J connectivity index is 2.60. The van der Waals surface area contributed by atoms with E-state index >= 15 is 0 Å². The van der Waals surface area contributed by atoms with Crippen molar-refractivity contribution in [2.75, 3.05) is 7.05 Å². The third-order valence-corrected chi connectivity index (χ3v) is 4.65. The fraction of sp³-hybridized carbons (Fsp3) is 1.00. The van der Waals surface area contributed by atoms with Gasteiger partial charge in [0.25, 0.3) is 0 Å². The van der Waals surface area contributed by atoms with E-state index in [1.54, 1.807) is 0 Å². The van der Waals surface area contributed by atoms with Gasteiger partial charge in [0.05, 0.1) is 0 Å². The number of nitrogens with zero attached hydrogens (tertiary/aromatic N) is 1. The summed E-state index contributed by atoms with van der Waals surface area (Å²) in [4.78, 5) is 2.60. The first kappa shape index (κ1) is 15.0. The van der Waals surface area contributed by atoms with Gasteiger partial charge in [-0.15, -0.1) is 0 Å². The number of hydrogen-bond donors (Lipinski definition) is 1. The van der Waals surface area contributed by atoms with Gasteiger partial charge < -0.3 is 5.73 Å². The molecule has 0 amide bonds. The quantitative estimate of drug-likeness (QED) is 0.771. The number of likely N-dealkylation sites (N-methyl/N-ethyl adjacent to an activating group) is 1. The van der Waals surface area contributed by atoms with E-state index in [1.807, 2.05) is 0 Å². The van der Waals surface area contributed by atoms with E-state index in [4.69, 9.17) is 5.73 Å². The first-order valence-corrected chi connectivity index (χ1v) is 7.59. The van der Waals surface area contributed by atoms with Crippen LogP contribution < -0.4 is 5.73 Å². The van der Waals surface area contributed by atoms with E-state index in [0.717, 1.165) is 18.4 Å². The minimum atomic E-state index is 0.351. The van der Waals surface area contributed by atoms with Crippen LogP contribution in [0.1, 0.15) is 65.7 Å². The normalized spacial score (nSPS) is 29.3. The van der Waals surface area contributed by atoms with E-state index in [-0.39, 0.29) is 0 Å². The molecule has 0 bridgehead atoms. The third kappa shape index (κ3) is 3.96. The van der Waals surface area contributed by atoms with Gasteiger partial charge in [-0.3, -0.25) is 4.90 Å². The molecule has 0 aromatic rings.